The second-order valence-electron chi connectivity index (χ2n) is 13.3. The molecule has 0 amide bonds. The molecular weight excluding hydrogens is 484 g/mol. The zero-order chi connectivity index (χ0) is 27.3. The van der Waals surface area contributed by atoms with Gasteiger partial charge in [-0.3, -0.25) is 0 Å². The lowest BCUT2D eigenvalue weighted by Crippen LogP contribution is -2.49. The highest BCUT2D eigenvalue weighted by atomic mass is 28.4. The molecule has 0 radical (unpaired) electrons. The van der Waals surface area contributed by atoms with Crippen molar-refractivity contribution >= 4 is 16.9 Å². The van der Waals surface area contributed by atoms with Gasteiger partial charge in [-0.25, -0.2) is 0 Å². The van der Waals surface area contributed by atoms with E-state index in [9.17, 15) is 4.80 Å². The number of hydrogen-bond acceptors (Lipinski definition) is 5. The molecule has 0 aromatic heterocycles. The monoisotopic (exact) mass is 542 g/mol. The topological polar surface area (TPSA) is 57.2 Å². The maximum atomic E-state index is 11.6. The van der Waals surface area contributed by atoms with Crippen molar-refractivity contribution in [3.63, 3.8) is 0 Å². The van der Waals surface area contributed by atoms with Gasteiger partial charge < -0.3 is 23.1 Å². The summed E-state index contributed by atoms with van der Waals surface area (Å²) in [5.74, 6) is 0.554. The van der Waals surface area contributed by atoms with E-state index >= 15 is 0 Å². The van der Waals surface area contributed by atoms with Gasteiger partial charge >= 0.3 is 8.56 Å². The van der Waals surface area contributed by atoms with Gasteiger partial charge in [-0.2, -0.15) is 0 Å². The summed E-state index contributed by atoms with van der Waals surface area (Å²) in [6, 6.07) is 0. The minimum atomic E-state index is -2.88. The fourth-order valence-electron chi connectivity index (χ4n) is 5.49. The van der Waals surface area contributed by atoms with E-state index in [1.807, 2.05) is 6.92 Å². The lowest BCUT2D eigenvalue weighted by molar-refractivity contribution is -0.133. The first-order valence-corrected chi connectivity index (χ1v) is 19.6. The van der Waals surface area contributed by atoms with Crippen molar-refractivity contribution in [3.05, 3.63) is 12.2 Å². The van der Waals surface area contributed by atoms with E-state index in [1.165, 1.54) is 19.3 Å². The van der Waals surface area contributed by atoms with E-state index < -0.39 is 16.9 Å². The molecule has 1 aliphatic carbocycles. The molecule has 36 heavy (non-hydrogen) atoms. The number of rotatable bonds is 14. The van der Waals surface area contributed by atoms with Gasteiger partial charge in [-0.1, -0.05) is 86.8 Å². The molecule has 0 spiro atoms. The van der Waals surface area contributed by atoms with Crippen LogP contribution in [0.15, 0.2) is 12.2 Å². The molecule has 1 unspecified atom stereocenters. The molecule has 1 aliphatic heterocycles. The Morgan fingerprint density at radius 2 is 1.67 bits per heavy atom. The van der Waals surface area contributed by atoms with Gasteiger partial charge in [0, 0.05) is 18.9 Å². The van der Waals surface area contributed by atoms with Crippen LogP contribution in [0.1, 0.15) is 101 Å². The summed E-state index contributed by atoms with van der Waals surface area (Å²) in [6.45, 7) is 25.0. The smallest absolute Gasteiger partial charge is 0.341 e. The van der Waals surface area contributed by atoms with Crippen LogP contribution in [-0.2, 0) is 18.3 Å². The Bertz CT molecular complexity index is 680. The Kier molecular flexibility index (Phi) is 11.9. The lowest BCUT2D eigenvalue weighted by Gasteiger charge is -2.39. The van der Waals surface area contributed by atoms with Crippen molar-refractivity contribution in [1.82, 2.24) is 0 Å². The Morgan fingerprint density at radius 1 is 1.03 bits per heavy atom. The molecule has 6 atom stereocenters. The highest BCUT2D eigenvalue weighted by Crippen LogP contribution is 2.48. The van der Waals surface area contributed by atoms with Gasteiger partial charge in [-0.15, -0.1) is 0 Å². The van der Waals surface area contributed by atoms with E-state index in [0.717, 1.165) is 19.3 Å². The van der Waals surface area contributed by atoms with Gasteiger partial charge in [-0.05, 0) is 54.9 Å². The van der Waals surface area contributed by atoms with E-state index in [4.69, 9.17) is 18.3 Å². The van der Waals surface area contributed by atoms with Gasteiger partial charge in [0.1, 0.15) is 0 Å². The average molecular weight is 543 g/mol. The van der Waals surface area contributed by atoms with Crippen molar-refractivity contribution in [2.45, 2.75) is 155 Å². The molecular formula is C29H58O5Si2. The molecule has 1 saturated carbocycles. The zero-order valence-corrected chi connectivity index (χ0v) is 27.3. The Labute approximate surface area is 225 Å². The summed E-state index contributed by atoms with van der Waals surface area (Å²) >= 11 is 0. The number of unbranched alkanes of at least 4 members (excludes halogenated alkanes) is 2. The summed E-state index contributed by atoms with van der Waals surface area (Å²) in [5, 5.41) is 0.175. The first kappa shape index (κ1) is 32.2. The molecule has 0 aromatic carbocycles. The molecule has 0 aromatic rings. The maximum Gasteiger partial charge on any atom is 0.341 e. The quantitative estimate of drug-likeness (QED) is 0.137. The Balaban J connectivity index is 2.31. The highest BCUT2D eigenvalue weighted by molar-refractivity contribution is 6.74. The van der Waals surface area contributed by atoms with Crippen LogP contribution in [0.2, 0.25) is 29.2 Å². The van der Waals surface area contributed by atoms with Crippen molar-refractivity contribution in [3.8, 4) is 0 Å². The fourth-order valence-corrected chi connectivity index (χ4v) is 9.41. The number of hydrogen-bond donors (Lipinski definition) is 1. The van der Waals surface area contributed by atoms with Gasteiger partial charge in [0.25, 0.3) is 0 Å². The lowest BCUT2D eigenvalue weighted by atomic mass is 9.91. The predicted molar refractivity (Wildman–Crippen MR) is 155 cm³/mol. The van der Waals surface area contributed by atoms with E-state index in [2.05, 4.69) is 80.6 Å². The van der Waals surface area contributed by atoms with Crippen LogP contribution >= 0.6 is 0 Å². The molecule has 2 fully saturated rings. The summed E-state index contributed by atoms with van der Waals surface area (Å²) in [7, 11) is -4.78. The van der Waals surface area contributed by atoms with Crippen molar-refractivity contribution in [1.29, 1.82) is 0 Å². The summed E-state index contributed by atoms with van der Waals surface area (Å²) in [6.07, 6.45) is 11.2. The normalized spacial score (nSPS) is 28.6. The van der Waals surface area contributed by atoms with E-state index in [0.29, 0.717) is 12.5 Å². The van der Waals surface area contributed by atoms with Crippen LogP contribution in [0.3, 0.4) is 0 Å². The molecule has 212 valence electrons. The first-order valence-electron chi connectivity index (χ1n) is 14.7. The molecule has 2 rings (SSSR count). The third-order valence-electron chi connectivity index (χ3n) is 8.90. The predicted octanol–water partition coefficient (Wildman–Crippen LogP) is 7.94. The van der Waals surface area contributed by atoms with Crippen molar-refractivity contribution in [2.75, 3.05) is 6.61 Å². The second kappa shape index (κ2) is 13.4. The van der Waals surface area contributed by atoms with Crippen LogP contribution in [0, 0.1) is 11.8 Å². The van der Waals surface area contributed by atoms with Crippen LogP contribution in [0.5, 0.6) is 0 Å². The fraction of sp³-hybridized carbons (Fsp3) is 0.931. The van der Waals surface area contributed by atoms with Crippen LogP contribution in [-0.4, -0.2) is 52.9 Å². The summed E-state index contributed by atoms with van der Waals surface area (Å²) < 4.78 is 25.8. The molecule has 7 heteroatoms. The third-order valence-corrected chi connectivity index (χ3v) is 17.4. The molecule has 1 saturated heterocycles. The van der Waals surface area contributed by atoms with Crippen LogP contribution in [0.4, 0.5) is 0 Å². The maximum absolute atomic E-state index is 11.6. The molecule has 0 bridgehead atoms. The number of ether oxygens (including phenoxy) is 2. The largest absolute Gasteiger partial charge is 0.411 e. The van der Waals surface area contributed by atoms with E-state index in [1.54, 1.807) is 0 Å². The molecule has 1 N–H and O–H groups in total. The minimum Gasteiger partial charge on any atom is -0.411 e. The molecule has 2 aliphatic rings. The third kappa shape index (κ3) is 7.99. The van der Waals surface area contributed by atoms with E-state index in [-0.39, 0.29) is 46.6 Å². The first-order chi connectivity index (χ1) is 16.7. The van der Waals surface area contributed by atoms with Crippen molar-refractivity contribution < 1.29 is 23.1 Å². The van der Waals surface area contributed by atoms with Crippen LogP contribution < -0.4 is 0 Å². The zero-order valence-electron chi connectivity index (χ0n) is 25.3. The summed E-state index contributed by atoms with van der Waals surface area (Å²) in [4.78, 5) is 11.6. The van der Waals surface area contributed by atoms with Crippen molar-refractivity contribution in [2.24, 2.45) is 11.8 Å². The molecule has 5 nitrogen and oxygen atoms in total. The second-order valence-corrected chi connectivity index (χ2v) is 22.1. The van der Waals surface area contributed by atoms with Gasteiger partial charge in [0.05, 0.1) is 18.3 Å². The van der Waals surface area contributed by atoms with Gasteiger partial charge in [0.2, 0.25) is 0 Å². The van der Waals surface area contributed by atoms with Crippen LogP contribution in [0.25, 0.3) is 0 Å². The highest BCUT2D eigenvalue weighted by Gasteiger charge is 2.53. The summed E-state index contributed by atoms with van der Waals surface area (Å²) in [5.41, 5.74) is 0.284. The Morgan fingerprint density at radius 3 is 2.19 bits per heavy atom. The Hall–Kier alpha value is -0.0262. The average Bonchev–Trinajstić information content (AvgIpc) is 3.27. The van der Waals surface area contributed by atoms with Gasteiger partial charge in [0.15, 0.2) is 14.6 Å². The minimum absolute atomic E-state index is 0.0237. The standard InChI is InChI=1S/C29H58O5Si2/c1-12-14-15-16-23(33-35(10,11)29(7,8)9)17-18-24-25-19-28(31-13-2)32-26(25)20-27(24)34-36(30,21(3)4)22(5)6/h17-18,21-28,30H,12-16,19-20H2,1-11H3/b18-17+/t23-,24-,25+,26-,27+,28?/m0/s1. The molecule has 1 heterocycles. The number of fused-ring (bicyclic) bond motifs is 1. The SMILES string of the molecule is CCCCC[C@@H](/C=C/[C@H]1[C@H]2CC(OCC)O[C@H]2C[C@H]1O[Si](O)(C(C)C)C(C)C)O[Si](C)(C)C(C)(C)C.